The number of ether oxygens (including phenoxy) is 1. The Kier molecular flexibility index (Phi) is 5.05. The molecule has 0 saturated carbocycles. The molecule has 1 heterocycles. The van der Waals surface area contributed by atoms with Crippen LogP contribution in [0.5, 0.6) is 5.75 Å². The Morgan fingerprint density at radius 1 is 1.45 bits per heavy atom. The number of para-hydroxylation sites is 1. The Hall–Kier alpha value is -1.50. The summed E-state index contributed by atoms with van der Waals surface area (Å²) in [6, 6.07) is 9.79. The fraction of sp³-hybridized carbons (Fsp3) is 0.214. The van der Waals surface area contributed by atoms with Crippen molar-refractivity contribution in [2.75, 3.05) is 7.11 Å². The number of rotatable bonds is 5. The van der Waals surface area contributed by atoms with Gasteiger partial charge < -0.3 is 4.74 Å². The zero-order chi connectivity index (χ0) is 14.5. The van der Waals surface area contributed by atoms with Gasteiger partial charge in [0.25, 0.3) is 5.91 Å². The smallest absolute Gasteiger partial charge is 0.275 e. The van der Waals surface area contributed by atoms with Crippen LogP contribution in [0.3, 0.4) is 0 Å². The molecule has 0 unspecified atom stereocenters. The molecule has 0 saturated heterocycles. The third-order valence-electron chi connectivity index (χ3n) is 2.83. The van der Waals surface area contributed by atoms with Gasteiger partial charge in [-0.2, -0.15) is 0 Å². The summed E-state index contributed by atoms with van der Waals surface area (Å²) in [4.78, 5) is 14.4. The number of hydrogen-bond donors (Lipinski definition) is 2. The van der Waals surface area contributed by atoms with Crippen LogP contribution in [0, 0.1) is 6.92 Å². The number of carbonyl (C=O) groups excluding carboxylic acids is 1. The number of hydrazine groups is 1. The van der Waals surface area contributed by atoms with Crippen LogP contribution in [0.15, 0.2) is 35.2 Å². The third-order valence-corrected chi connectivity index (χ3v) is 5.02. The van der Waals surface area contributed by atoms with E-state index >= 15 is 0 Å². The first-order valence-electron chi connectivity index (χ1n) is 6.01. The van der Waals surface area contributed by atoms with E-state index in [4.69, 9.17) is 10.6 Å². The average Bonchev–Trinajstić information content (AvgIpc) is 2.85. The maximum absolute atomic E-state index is 11.5. The van der Waals surface area contributed by atoms with E-state index < -0.39 is 0 Å². The predicted octanol–water partition coefficient (Wildman–Crippen LogP) is 2.96. The number of amides is 1. The Morgan fingerprint density at radius 3 is 2.90 bits per heavy atom. The molecule has 1 aromatic heterocycles. The number of methoxy groups -OCH3 is 1. The molecule has 1 aromatic carbocycles. The molecule has 0 aliphatic rings. The van der Waals surface area contributed by atoms with E-state index in [9.17, 15) is 4.79 Å². The zero-order valence-electron chi connectivity index (χ0n) is 11.3. The number of carbonyl (C=O) groups is 1. The monoisotopic (exact) mass is 308 g/mol. The SMILES string of the molecule is COc1ccccc1SCc1cc(C(=O)NN)sc1C. The van der Waals surface area contributed by atoms with Crippen molar-refractivity contribution in [3.8, 4) is 5.75 Å². The molecule has 20 heavy (non-hydrogen) atoms. The maximum atomic E-state index is 11.5. The van der Waals surface area contributed by atoms with Crippen LogP contribution in [0.1, 0.15) is 20.1 Å². The van der Waals surface area contributed by atoms with Gasteiger partial charge in [-0.1, -0.05) is 12.1 Å². The standard InChI is InChI=1S/C14H16N2O2S2/c1-9-10(7-13(20-9)14(17)16-15)8-19-12-6-4-3-5-11(12)18-2/h3-7H,8,15H2,1-2H3,(H,16,17). The molecule has 4 nitrogen and oxygen atoms in total. The second-order valence-corrected chi connectivity index (χ2v) is 6.38. The van der Waals surface area contributed by atoms with Crippen LogP contribution in [-0.4, -0.2) is 13.0 Å². The molecule has 0 fully saturated rings. The van der Waals surface area contributed by atoms with Crippen LogP contribution < -0.4 is 16.0 Å². The van der Waals surface area contributed by atoms with Gasteiger partial charge in [-0.3, -0.25) is 10.2 Å². The largest absolute Gasteiger partial charge is 0.496 e. The van der Waals surface area contributed by atoms with Crippen LogP contribution in [0.25, 0.3) is 0 Å². The fourth-order valence-corrected chi connectivity index (χ4v) is 3.86. The van der Waals surface area contributed by atoms with E-state index in [1.807, 2.05) is 37.3 Å². The van der Waals surface area contributed by atoms with Gasteiger partial charge in [-0.05, 0) is 30.7 Å². The molecule has 0 radical (unpaired) electrons. The maximum Gasteiger partial charge on any atom is 0.275 e. The topological polar surface area (TPSA) is 64.3 Å². The lowest BCUT2D eigenvalue weighted by atomic mass is 10.3. The molecule has 3 N–H and O–H groups in total. The molecule has 2 rings (SSSR count). The lowest BCUT2D eigenvalue weighted by Crippen LogP contribution is -2.29. The molecule has 0 atom stereocenters. The summed E-state index contributed by atoms with van der Waals surface area (Å²) in [5, 5.41) is 0. The second-order valence-electron chi connectivity index (χ2n) is 4.11. The highest BCUT2D eigenvalue weighted by atomic mass is 32.2. The van der Waals surface area contributed by atoms with Crippen LogP contribution in [0.4, 0.5) is 0 Å². The minimum Gasteiger partial charge on any atom is -0.496 e. The average molecular weight is 308 g/mol. The van der Waals surface area contributed by atoms with Crippen molar-refractivity contribution < 1.29 is 9.53 Å². The molecule has 0 aliphatic heterocycles. The Balaban J connectivity index is 2.11. The molecule has 0 spiro atoms. The molecule has 0 aliphatic carbocycles. The van der Waals surface area contributed by atoms with Crippen molar-refractivity contribution >= 4 is 29.0 Å². The first-order valence-corrected chi connectivity index (χ1v) is 7.82. The van der Waals surface area contributed by atoms with Crippen molar-refractivity contribution in [3.63, 3.8) is 0 Å². The van der Waals surface area contributed by atoms with Gasteiger partial charge in [0.05, 0.1) is 12.0 Å². The Labute approximate surface area is 126 Å². The summed E-state index contributed by atoms with van der Waals surface area (Å²) in [5.74, 6) is 6.57. The molecular weight excluding hydrogens is 292 g/mol. The van der Waals surface area contributed by atoms with Gasteiger partial charge >= 0.3 is 0 Å². The number of nitrogens with one attached hydrogen (secondary N) is 1. The molecular formula is C14H16N2O2S2. The first kappa shape index (κ1) is 14.9. The van der Waals surface area contributed by atoms with Gasteiger partial charge in [-0.25, -0.2) is 5.84 Å². The number of aryl methyl sites for hydroxylation is 1. The third kappa shape index (κ3) is 3.33. The first-order chi connectivity index (χ1) is 9.65. The van der Waals surface area contributed by atoms with Gasteiger partial charge in [-0.15, -0.1) is 23.1 Å². The number of nitrogen functional groups attached to an aromatic ring is 1. The van der Waals surface area contributed by atoms with E-state index in [1.165, 1.54) is 11.3 Å². The minimum atomic E-state index is -0.244. The quantitative estimate of drug-likeness (QED) is 0.386. The van der Waals surface area contributed by atoms with Gasteiger partial charge in [0.1, 0.15) is 5.75 Å². The molecule has 106 valence electrons. The summed E-state index contributed by atoms with van der Waals surface area (Å²) >= 11 is 3.15. The van der Waals surface area contributed by atoms with Crippen LogP contribution >= 0.6 is 23.1 Å². The fourth-order valence-electron chi connectivity index (χ4n) is 1.74. The van der Waals surface area contributed by atoms with E-state index in [1.54, 1.807) is 18.9 Å². The van der Waals surface area contributed by atoms with Crippen LogP contribution in [0.2, 0.25) is 0 Å². The van der Waals surface area contributed by atoms with Crippen molar-refractivity contribution in [3.05, 3.63) is 45.6 Å². The Morgan fingerprint density at radius 2 is 2.20 bits per heavy atom. The highest BCUT2D eigenvalue weighted by Gasteiger charge is 2.12. The number of hydrogen-bond acceptors (Lipinski definition) is 5. The summed E-state index contributed by atoms with van der Waals surface area (Å²) in [7, 11) is 1.67. The number of thioether (sulfide) groups is 1. The summed E-state index contributed by atoms with van der Waals surface area (Å²) in [6.45, 7) is 2.01. The van der Waals surface area contributed by atoms with Gasteiger partial charge in [0.2, 0.25) is 0 Å². The number of thiophene rings is 1. The van der Waals surface area contributed by atoms with Gasteiger partial charge in [0.15, 0.2) is 0 Å². The van der Waals surface area contributed by atoms with E-state index in [0.29, 0.717) is 4.88 Å². The van der Waals surface area contributed by atoms with Gasteiger partial charge in [0, 0.05) is 15.5 Å². The summed E-state index contributed by atoms with van der Waals surface area (Å²) < 4.78 is 5.33. The second kappa shape index (κ2) is 6.78. The molecule has 0 bridgehead atoms. The lowest BCUT2D eigenvalue weighted by molar-refractivity contribution is 0.0957. The lowest BCUT2D eigenvalue weighted by Gasteiger charge is -2.07. The highest BCUT2D eigenvalue weighted by Crippen LogP contribution is 2.33. The zero-order valence-corrected chi connectivity index (χ0v) is 12.9. The van der Waals surface area contributed by atoms with Crippen LogP contribution in [-0.2, 0) is 5.75 Å². The normalized spacial score (nSPS) is 10.3. The summed E-state index contributed by atoms with van der Waals surface area (Å²) in [6.07, 6.45) is 0. The minimum absolute atomic E-state index is 0.244. The number of benzene rings is 1. The highest BCUT2D eigenvalue weighted by molar-refractivity contribution is 7.98. The molecule has 2 aromatic rings. The van der Waals surface area contributed by atoms with Crippen molar-refractivity contribution in [1.29, 1.82) is 0 Å². The van der Waals surface area contributed by atoms with Crippen molar-refractivity contribution in [1.82, 2.24) is 5.43 Å². The summed E-state index contributed by atoms with van der Waals surface area (Å²) in [5.41, 5.74) is 3.30. The van der Waals surface area contributed by atoms with Crippen molar-refractivity contribution in [2.45, 2.75) is 17.6 Å². The number of nitrogens with two attached hydrogens (primary N) is 1. The Bertz CT molecular complexity index is 611. The van der Waals surface area contributed by atoms with E-state index in [0.717, 1.165) is 26.8 Å². The van der Waals surface area contributed by atoms with E-state index in [-0.39, 0.29) is 5.91 Å². The predicted molar refractivity (Wildman–Crippen MR) is 83.3 cm³/mol. The van der Waals surface area contributed by atoms with Crippen molar-refractivity contribution in [2.24, 2.45) is 5.84 Å². The molecule has 6 heteroatoms. The molecule has 1 amide bonds. The van der Waals surface area contributed by atoms with E-state index in [2.05, 4.69) is 5.43 Å².